The fraction of sp³-hybridized carbons (Fsp3) is 0.667. The van der Waals surface area contributed by atoms with Crippen LogP contribution in [0.25, 0.3) is 0 Å². The first-order valence-electron chi connectivity index (χ1n) is 2.30. The predicted octanol–water partition coefficient (Wildman–Crippen LogP) is 1.88. The van der Waals surface area contributed by atoms with Crippen molar-refractivity contribution < 1.29 is 21.1 Å². The van der Waals surface area contributed by atoms with E-state index in [1.54, 1.807) is 0 Å². The maximum atomic E-state index is 5.25. The summed E-state index contributed by atoms with van der Waals surface area (Å²) >= 11 is 0. The van der Waals surface area contributed by atoms with Crippen LogP contribution in [-0.4, -0.2) is 7.85 Å². The Hall–Kier alpha value is 0.753. The van der Waals surface area contributed by atoms with Crippen molar-refractivity contribution in [3.63, 3.8) is 0 Å². The fourth-order valence-electron chi connectivity index (χ4n) is 0.136. The van der Waals surface area contributed by atoms with E-state index in [2.05, 4.69) is 13.3 Å². The molecule has 0 heterocycles. The van der Waals surface area contributed by atoms with Crippen LogP contribution in [-0.2, 0) is 21.1 Å². The molecule has 0 saturated heterocycles. The second kappa shape index (κ2) is 10.7. The largest absolute Gasteiger partial charge is 2.00 e. The van der Waals surface area contributed by atoms with Gasteiger partial charge >= 0.3 is 21.1 Å². The molecule has 46 valence electrons. The van der Waals surface area contributed by atoms with Gasteiger partial charge in [0, 0.05) is 0 Å². The normalized spacial score (nSPS) is 10.8. The molecule has 0 aromatic rings. The van der Waals surface area contributed by atoms with Crippen molar-refractivity contribution in [3.8, 4) is 0 Å². The van der Waals surface area contributed by atoms with Crippen molar-refractivity contribution in [3.05, 3.63) is 13.8 Å². The van der Waals surface area contributed by atoms with Gasteiger partial charge in [-0.2, -0.15) is 12.8 Å². The van der Waals surface area contributed by atoms with E-state index in [9.17, 15) is 0 Å². The Labute approximate surface area is 69.1 Å². The Bertz CT molecular complexity index is 27.7. The third kappa shape index (κ3) is 9.89. The van der Waals surface area contributed by atoms with Crippen LogP contribution in [0.5, 0.6) is 0 Å². The molecule has 0 aromatic heterocycles. The van der Waals surface area contributed by atoms with Crippen LogP contribution in [0.15, 0.2) is 0 Å². The quantitative estimate of drug-likeness (QED) is 0.535. The molecule has 0 nitrogen and oxygen atoms in total. The molecule has 0 amide bonds. The Kier molecular flexibility index (Phi) is 21.2. The first kappa shape index (κ1) is 15.9. The molecule has 0 aromatic carbocycles. The van der Waals surface area contributed by atoms with E-state index >= 15 is 0 Å². The summed E-state index contributed by atoms with van der Waals surface area (Å²) < 4.78 is 0. The van der Waals surface area contributed by atoms with Gasteiger partial charge in [-0.3, -0.25) is 0 Å². The standard InChI is InChI=1S/C5H10B.CH3.W/c1-3-5(2)4-6;;/h3,5H,4H2,1-2H3;1H3;/q2*-1;+2. The number of hydrogen-bond acceptors (Lipinski definition) is 0. The van der Waals surface area contributed by atoms with Gasteiger partial charge in [0.05, 0.1) is 7.85 Å². The zero-order valence-corrected chi connectivity index (χ0v) is 8.78. The first-order valence-corrected chi connectivity index (χ1v) is 2.30. The molecule has 0 aliphatic heterocycles. The summed E-state index contributed by atoms with van der Waals surface area (Å²) in [7, 11) is 5.25. The van der Waals surface area contributed by atoms with Crippen LogP contribution in [0.4, 0.5) is 0 Å². The second-order valence-corrected chi connectivity index (χ2v) is 1.55. The van der Waals surface area contributed by atoms with E-state index in [1.165, 1.54) is 0 Å². The van der Waals surface area contributed by atoms with Gasteiger partial charge in [0.25, 0.3) is 0 Å². The third-order valence-corrected chi connectivity index (χ3v) is 0.941. The van der Waals surface area contributed by atoms with Gasteiger partial charge in [0.2, 0.25) is 0 Å². The molecule has 0 rings (SSSR count). The van der Waals surface area contributed by atoms with Crippen molar-refractivity contribution in [2.45, 2.75) is 20.2 Å². The Morgan fingerprint density at radius 2 is 2.00 bits per heavy atom. The SMILES string of the molecule is [B]CC(C)[CH-]C.[CH3-].[W+2]. The topological polar surface area (TPSA) is 0 Å². The Balaban J connectivity index is -0.000000125. The van der Waals surface area contributed by atoms with E-state index in [4.69, 9.17) is 7.85 Å². The molecule has 8 heavy (non-hydrogen) atoms. The van der Waals surface area contributed by atoms with Crippen molar-refractivity contribution >= 4 is 7.85 Å². The zero-order valence-electron chi connectivity index (χ0n) is 5.85. The summed E-state index contributed by atoms with van der Waals surface area (Å²) in [4.78, 5) is 0. The summed E-state index contributed by atoms with van der Waals surface area (Å²) in [6.45, 7) is 4.12. The van der Waals surface area contributed by atoms with Crippen molar-refractivity contribution in [2.75, 3.05) is 0 Å². The van der Waals surface area contributed by atoms with Crippen LogP contribution >= 0.6 is 0 Å². The van der Waals surface area contributed by atoms with E-state index in [0.29, 0.717) is 5.92 Å². The molecule has 0 aliphatic rings. The van der Waals surface area contributed by atoms with Crippen molar-refractivity contribution in [1.82, 2.24) is 0 Å². The van der Waals surface area contributed by atoms with Gasteiger partial charge in [-0.1, -0.05) is 6.92 Å². The fourth-order valence-corrected chi connectivity index (χ4v) is 0.136. The van der Waals surface area contributed by atoms with E-state index < -0.39 is 0 Å². The van der Waals surface area contributed by atoms with E-state index in [-0.39, 0.29) is 28.5 Å². The Morgan fingerprint density at radius 1 is 1.62 bits per heavy atom. The molecule has 2 radical (unpaired) electrons. The predicted molar refractivity (Wildman–Crippen MR) is 36.1 cm³/mol. The molecule has 0 bridgehead atoms. The molecular weight excluding hydrogens is 267 g/mol. The minimum absolute atomic E-state index is 0. The minimum Gasteiger partial charge on any atom is -0.358 e. The smallest absolute Gasteiger partial charge is 0.358 e. The molecule has 0 spiro atoms. The van der Waals surface area contributed by atoms with Gasteiger partial charge in [-0.05, 0) is 0 Å². The molecule has 2 heteroatoms. The summed E-state index contributed by atoms with van der Waals surface area (Å²) in [5.74, 6) is 0.588. The maximum absolute atomic E-state index is 5.25. The molecular formula is C6H13BW. The van der Waals surface area contributed by atoms with Crippen LogP contribution in [0.3, 0.4) is 0 Å². The van der Waals surface area contributed by atoms with Crippen LogP contribution < -0.4 is 0 Å². The molecule has 1 unspecified atom stereocenters. The van der Waals surface area contributed by atoms with Crippen LogP contribution in [0.2, 0.25) is 6.32 Å². The molecule has 0 aliphatic carbocycles. The van der Waals surface area contributed by atoms with Gasteiger partial charge < -0.3 is 13.8 Å². The Morgan fingerprint density at radius 3 is 2.00 bits per heavy atom. The third-order valence-electron chi connectivity index (χ3n) is 0.941. The molecule has 1 atom stereocenters. The van der Waals surface area contributed by atoms with Gasteiger partial charge in [-0.25, -0.2) is 0 Å². The summed E-state index contributed by atoms with van der Waals surface area (Å²) in [6.07, 6.45) is 2.87. The van der Waals surface area contributed by atoms with E-state index in [1.807, 2.05) is 6.92 Å². The molecule has 0 saturated carbocycles. The molecule has 0 fully saturated rings. The van der Waals surface area contributed by atoms with Crippen molar-refractivity contribution in [1.29, 1.82) is 0 Å². The minimum atomic E-state index is 0. The second-order valence-electron chi connectivity index (χ2n) is 1.55. The van der Waals surface area contributed by atoms with Crippen molar-refractivity contribution in [2.24, 2.45) is 5.92 Å². The number of rotatable bonds is 2. The first-order chi connectivity index (χ1) is 2.81. The monoisotopic (exact) mass is 280 g/mol. The maximum Gasteiger partial charge on any atom is 2.00 e. The zero-order chi connectivity index (χ0) is 4.99. The molecule has 0 N–H and O–H groups in total. The summed E-state index contributed by atoms with van der Waals surface area (Å²) in [5.41, 5.74) is 0. The summed E-state index contributed by atoms with van der Waals surface area (Å²) in [6, 6.07) is 0. The van der Waals surface area contributed by atoms with Gasteiger partial charge in [-0.15, -0.1) is 6.32 Å². The van der Waals surface area contributed by atoms with E-state index in [0.717, 1.165) is 6.32 Å². The number of hydrogen-bond donors (Lipinski definition) is 0. The summed E-state index contributed by atoms with van der Waals surface area (Å²) in [5, 5.41) is 0. The average Bonchev–Trinajstić information content (AvgIpc) is 1.65. The van der Waals surface area contributed by atoms with Gasteiger partial charge in [0.15, 0.2) is 0 Å². The van der Waals surface area contributed by atoms with Crippen LogP contribution in [0.1, 0.15) is 13.8 Å². The van der Waals surface area contributed by atoms with Gasteiger partial charge in [0.1, 0.15) is 0 Å². The average molecular weight is 280 g/mol. The van der Waals surface area contributed by atoms with Crippen LogP contribution in [0, 0.1) is 19.8 Å².